The van der Waals surface area contributed by atoms with Crippen molar-refractivity contribution in [1.82, 2.24) is 5.32 Å². The van der Waals surface area contributed by atoms with Crippen LogP contribution in [-0.4, -0.2) is 21.9 Å². The molecule has 0 spiro atoms. The van der Waals surface area contributed by atoms with E-state index >= 15 is 0 Å². The third kappa shape index (κ3) is 2.42. The second-order valence-corrected chi connectivity index (χ2v) is 5.17. The van der Waals surface area contributed by atoms with Crippen LogP contribution in [0.2, 0.25) is 0 Å². The number of rotatable bonds is 3. The number of nitro benzene ring substituents is 1. The van der Waals surface area contributed by atoms with Crippen LogP contribution in [0, 0.1) is 10.1 Å². The van der Waals surface area contributed by atoms with Gasteiger partial charge in [0.1, 0.15) is 5.92 Å². The number of hydrogen-bond acceptors (Lipinski definition) is 4. The van der Waals surface area contributed by atoms with Crippen LogP contribution in [0.1, 0.15) is 33.4 Å². The van der Waals surface area contributed by atoms with Crippen LogP contribution >= 0.6 is 0 Å². The minimum atomic E-state index is -1.15. The average molecular weight is 312 g/mol. The smallest absolute Gasteiger partial charge is 0.313 e. The molecule has 0 unspecified atom stereocenters. The molecule has 2 aromatic rings. The third-order valence-corrected chi connectivity index (χ3v) is 3.89. The Balaban J connectivity index is 2.19. The molecule has 2 aromatic carbocycles. The molecule has 1 heterocycles. The Morgan fingerprint density at radius 2 is 1.70 bits per heavy atom. The van der Waals surface area contributed by atoms with Gasteiger partial charge < -0.3 is 10.4 Å². The summed E-state index contributed by atoms with van der Waals surface area (Å²) < 4.78 is 0. The topological polar surface area (TPSA) is 110 Å². The van der Waals surface area contributed by atoms with Gasteiger partial charge in [-0.2, -0.15) is 0 Å². The fraction of sp³-hybridized carbons (Fsp3) is 0.125. The largest absolute Gasteiger partial charge is 0.481 e. The number of para-hydroxylation sites is 1. The van der Waals surface area contributed by atoms with Gasteiger partial charge in [-0.3, -0.25) is 19.7 Å². The number of nitro groups is 1. The van der Waals surface area contributed by atoms with Crippen molar-refractivity contribution in [3.8, 4) is 0 Å². The minimum absolute atomic E-state index is 0.174. The molecule has 0 radical (unpaired) electrons. The van der Waals surface area contributed by atoms with Gasteiger partial charge in [0.2, 0.25) is 0 Å². The Hall–Kier alpha value is -3.22. The van der Waals surface area contributed by atoms with E-state index in [0.717, 1.165) is 0 Å². The van der Waals surface area contributed by atoms with E-state index in [1.807, 2.05) is 0 Å². The van der Waals surface area contributed by atoms with Gasteiger partial charge in [0, 0.05) is 11.6 Å². The quantitative estimate of drug-likeness (QED) is 0.667. The summed E-state index contributed by atoms with van der Waals surface area (Å²) in [7, 11) is 0. The maximum atomic E-state index is 12.2. The van der Waals surface area contributed by atoms with Crippen molar-refractivity contribution < 1.29 is 19.6 Å². The van der Waals surface area contributed by atoms with Crippen molar-refractivity contribution in [3.05, 3.63) is 75.3 Å². The summed E-state index contributed by atoms with van der Waals surface area (Å²) in [5.41, 5.74) is 0.581. The van der Waals surface area contributed by atoms with Crippen molar-refractivity contribution in [2.45, 2.75) is 12.0 Å². The molecule has 0 aliphatic carbocycles. The molecule has 0 fully saturated rings. The van der Waals surface area contributed by atoms with Gasteiger partial charge in [0.15, 0.2) is 0 Å². The number of carbonyl (C=O) groups excluding carboxylic acids is 1. The first-order valence-corrected chi connectivity index (χ1v) is 6.86. The number of amides is 1. The van der Waals surface area contributed by atoms with E-state index in [1.165, 1.54) is 24.3 Å². The van der Waals surface area contributed by atoms with E-state index in [2.05, 4.69) is 5.32 Å². The molecular formula is C16H12N2O5. The summed E-state index contributed by atoms with van der Waals surface area (Å²) in [5, 5.41) is 23.4. The van der Waals surface area contributed by atoms with Gasteiger partial charge >= 0.3 is 5.97 Å². The Labute approximate surface area is 130 Å². The van der Waals surface area contributed by atoms with E-state index in [0.29, 0.717) is 5.56 Å². The predicted octanol–water partition coefficient (Wildman–Crippen LogP) is 2.25. The number of carboxylic acid groups (broad SMARTS) is 1. The molecule has 23 heavy (non-hydrogen) atoms. The molecule has 1 aliphatic heterocycles. The number of benzene rings is 2. The van der Waals surface area contributed by atoms with Gasteiger partial charge in [-0.05, 0) is 11.6 Å². The highest BCUT2D eigenvalue weighted by atomic mass is 16.6. The van der Waals surface area contributed by atoms with Gasteiger partial charge in [-0.15, -0.1) is 0 Å². The normalized spacial score (nSPS) is 19.6. The molecule has 7 nitrogen and oxygen atoms in total. The highest BCUT2D eigenvalue weighted by Crippen LogP contribution is 2.40. The highest BCUT2D eigenvalue weighted by Gasteiger charge is 2.41. The molecule has 0 saturated carbocycles. The SMILES string of the molecule is O=C1N[C@@H](c2ccccc2[N+](=O)[O-])[C@@H](C(=O)O)c2ccccc21. The Kier molecular flexibility index (Phi) is 3.53. The lowest BCUT2D eigenvalue weighted by molar-refractivity contribution is -0.385. The van der Waals surface area contributed by atoms with Crippen LogP contribution < -0.4 is 5.32 Å². The molecule has 3 rings (SSSR count). The van der Waals surface area contributed by atoms with Crippen LogP contribution in [-0.2, 0) is 4.79 Å². The van der Waals surface area contributed by atoms with Crippen LogP contribution in [0.25, 0.3) is 0 Å². The number of aliphatic carboxylic acids is 1. The lowest BCUT2D eigenvalue weighted by Crippen LogP contribution is -2.41. The molecule has 2 atom stereocenters. The maximum absolute atomic E-state index is 12.2. The van der Waals surface area contributed by atoms with Crippen molar-refractivity contribution in [2.24, 2.45) is 0 Å². The van der Waals surface area contributed by atoms with Crippen molar-refractivity contribution in [2.75, 3.05) is 0 Å². The predicted molar refractivity (Wildman–Crippen MR) is 80.1 cm³/mol. The summed E-state index contributed by atoms with van der Waals surface area (Å²) in [6, 6.07) is 11.2. The van der Waals surface area contributed by atoms with E-state index < -0.39 is 28.8 Å². The van der Waals surface area contributed by atoms with Crippen LogP contribution in [0.5, 0.6) is 0 Å². The second kappa shape index (κ2) is 5.53. The highest BCUT2D eigenvalue weighted by molar-refractivity contribution is 6.00. The molecule has 0 bridgehead atoms. The Bertz CT molecular complexity index is 818. The lowest BCUT2D eigenvalue weighted by atomic mass is 9.81. The van der Waals surface area contributed by atoms with Crippen LogP contribution in [0.15, 0.2) is 48.5 Å². The molecule has 116 valence electrons. The van der Waals surface area contributed by atoms with Crippen molar-refractivity contribution in [3.63, 3.8) is 0 Å². The summed E-state index contributed by atoms with van der Waals surface area (Å²) in [6.45, 7) is 0. The molecule has 2 N–H and O–H groups in total. The summed E-state index contributed by atoms with van der Waals surface area (Å²) in [4.78, 5) is 34.6. The molecule has 1 aliphatic rings. The molecule has 0 saturated heterocycles. The first-order valence-electron chi connectivity index (χ1n) is 6.86. The molecule has 0 aromatic heterocycles. The summed E-state index contributed by atoms with van der Waals surface area (Å²) >= 11 is 0. The Morgan fingerprint density at radius 1 is 1.09 bits per heavy atom. The van der Waals surface area contributed by atoms with Gasteiger partial charge in [-0.25, -0.2) is 0 Å². The molecule has 7 heteroatoms. The zero-order valence-electron chi connectivity index (χ0n) is 11.8. The van der Waals surface area contributed by atoms with E-state index in [1.54, 1.807) is 24.3 Å². The third-order valence-electron chi connectivity index (χ3n) is 3.89. The number of nitrogens with zero attached hydrogens (tertiary/aromatic N) is 1. The fourth-order valence-corrected chi connectivity index (χ4v) is 2.91. The summed E-state index contributed by atoms with van der Waals surface area (Å²) in [6.07, 6.45) is 0. The van der Waals surface area contributed by atoms with Crippen LogP contribution in [0.4, 0.5) is 5.69 Å². The minimum Gasteiger partial charge on any atom is -0.481 e. The first-order chi connectivity index (χ1) is 11.0. The number of carbonyl (C=O) groups is 2. The average Bonchev–Trinajstić information content (AvgIpc) is 2.54. The number of fused-ring (bicyclic) bond motifs is 1. The standard InChI is InChI=1S/C16H12N2O5/c19-15-10-6-2-1-5-9(10)13(16(20)21)14(17-15)11-7-3-4-8-12(11)18(22)23/h1-8,13-14H,(H,17,19)(H,20,21)/t13-,14-/m0/s1. The van der Waals surface area contributed by atoms with Crippen molar-refractivity contribution >= 4 is 17.6 Å². The summed E-state index contributed by atoms with van der Waals surface area (Å²) in [5.74, 6) is -2.69. The van der Waals surface area contributed by atoms with Gasteiger partial charge in [0.05, 0.1) is 16.5 Å². The Morgan fingerprint density at radius 3 is 2.35 bits per heavy atom. The van der Waals surface area contributed by atoms with Crippen LogP contribution in [0.3, 0.4) is 0 Å². The maximum Gasteiger partial charge on any atom is 0.313 e. The lowest BCUT2D eigenvalue weighted by Gasteiger charge is -2.31. The van der Waals surface area contributed by atoms with E-state index in [9.17, 15) is 24.8 Å². The van der Waals surface area contributed by atoms with E-state index in [4.69, 9.17) is 0 Å². The second-order valence-electron chi connectivity index (χ2n) is 5.17. The molecule has 1 amide bonds. The number of hydrogen-bond donors (Lipinski definition) is 2. The van der Waals surface area contributed by atoms with Crippen molar-refractivity contribution in [1.29, 1.82) is 0 Å². The fourth-order valence-electron chi connectivity index (χ4n) is 2.91. The zero-order chi connectivity index (χ0) is 16.6. The zero-order valence-corrected chi connectivity index (χ0v) is 11.8. The first kappa shape index (κ1) is 14.7. The number of nitrogens with one attached hydrogen (secondary N) is 1. The monoisotopic (exact) mass is 312 g/mol. The van der Waals surface area contributed by atoms with Gasteiger partial charge in [-0.1, -0.05) is 36.4 Å². The molecular weight excluding hydrogens is 300 g/mol. The van der Waals surface area contributed by atoms with E-state index in [-0.39, 0.29) is 16.8 Å². The van der Waals surface area contributed by atoms with Gasteiger partial charge in [0.25, 0.3) is 11.6 Å². The number of carboxylic acids is 1.